The van der Waals surface area contributed by atoms with Crippen molar-refractivity contribution in [3.8, 4) is 11.4 Å². The summed E-state index contributed by atoms with van der Waals surface area (Å²) in [6, 6.07) is 21.3. The van der Waals surface area contributed by atoms with Gasteiger partial charge in [0.25, 0.3) is 5.91 Å². The first kappa shape index (κ1) is 24.6. The van der Waals surface area contributed by atoms with Crippen LogP contribution < -0.4 is 0 Å². The lowest BCUT2D eigenvalue weighted by Gasteiger charge is -2.17. The zero-order valence-corrected chi connectivity index (χ0v) is 21.8. The monoisotopic (exact) mass is 544 g/mol. The fourth-order valence-corrected chi connectivity index (χ4v) is 5.64. The summed E-state index contributed by atoms with van der Waals surface area (Å²) in [4.78, 5) is 24.5. The van der Waals surface area contributed by atoms with E-state index < -0.39 is 0 Å². The molecule has 1 saturated heterocycles. The number of likely N-dealkylation sites (tertiary alicyclic amines) is 1. The lowest BCUT2D eigenvalue weighted by molar-refractivity contribution is 0.0791. The third-order valence-corrected chi connectivity index (χ3v) is 7.44. The number of hydrogen-bond donors (Lipinski definition) is 0. The Hall–Kier alpha value is -3.74. The number of aromatic nitrogens is 3. The summed E-state index contributed by atoms with van der Waals surface area (Å²) in [6.45, 7) is 1.82. The molecule has 0 saturated carbocycles. The molecule has 190 valence electrons. The molecule has 0 radical (unpaired) electrons. The third kappa shape index (κ3) is 4.89. The second-order valence-electron chi connectivity index (χ2n) is 9.53. The van der Waals surface area contributed by atoms with E-state index in [-0.39, 0.29) is 17.6 Å². The molecule has 0 spiro atoms. The maximum atomic E-state index is 13.5. The molecule has 38 heavy (non-hydrogen) atoms. The number of halogens is 3. The molecule has 3 aromatic carbocycles. The molecule has 0 aliphatic carbocycles. The average Bonchev–Trinajstić information content (AvgIpc) is 3.55. The Kier molecular flexibility index (Phi) is 6.60. The summed E-state index contributed by atoms with van der Waals surface area (Å²) >= 11 is 12.6. The van der Waals surface area contributed by atoms with Gasteiger partial charge >= 0.3 is 0 Å². The Bertz CT molecular complexity index is 1620. The van der Waals surface area contributed by atoms with Gasteiger partial charge in [-0.1, -0.05) is 41.4 Å². The number of carbonyl (C=O) groups is 1. The van der Waals surface area contributed by atoms with Crippen LogP contribution in [-0.2, 0) is 6.54 Å². The molecular formula is C30H23Cl2FN4O. The largest absolute Gasteiger partial charge is 0.338 e. The number of imidazole rings is 1. The van der Waals surface area contributed by atoms with Crippen LogP contribution in [-0.4, -0.2) is 38.4 Å². The number of carbonyl (C=O) groups excluding carboxylic acids is 1. The van der Waals surface area contributed by atoms with Gasteiger partial charge in [0.2, 0.25) is 0 Å². The summed E-state index contributed by atoms with van der Waals surface area (Å²) in [5.41, 5.74) is 4.96. The summed E-state index contributed by atoms with van der Waals surface area (Å²) < 4.78 is 15.6. The molecule has 5 nitrogen and oxygen atoms in total. The number of nitrogens with zero attached hydrogens (tertiary/aromatic N) is 4. The molecule has 0 bridgehead atoms. The van der Waals surface area contributed by atoms with Gasteiger partial charge in [0.05, 0.1) is 11.0 Å². The summed E-state index contributed by atoms with van der Waals surface area (Å²) in [7, 11) is 0. The highest BCUT2D eigenvalue weighted by molar-refractivity contribution is 6.35. The van der Waals surface area contributed by atoms with Gasteiger partial charge in [-0.2, -0.15) is 0 Å². The highest BCUT2D eigenvalue weighted by Crippen LogP contribution is 2.32. The van der Waals surface area contributed by atoms with Crippen molar-refractivity contribution >= 4 is 40.1 Å². The highest BCUT2D eigenvalue weighted by Gasteiger charge is 2.28. The van der Waals surface area contributed by atoms with Crippen LogP contribution in [0.4, 0.5) is 4.39 Å². The van der Waals surface area contributed by atoms with Crippen molar-refractivity contribution in [3.63, 3.8) is 0 Å². The van der Waals surface area contributed by atoms with Crippen molar-refractivity contribution in [2.75, 3.05) is 13.1 Å². The van der Waals surface area contributed by atoms with Crippen molar-refractivity contribution < 1.29 is 9.18 Å². The van der Waals surface area contributed by atoms with Gasteiger partial charge in [-0.05, 0) is 72.1 Å². The second kappa shape index (κ2) is 10.2. The zero-order chi connectivity index (χ0) is 26.2. The topological polar surface area (TPSA) is 51.0 Å². The lowest BCUT2D eigenvalue weighted by atomic mass is 10.0. The molecule has 1 aliphatic heterocycles. The van der Waals surface area contributed by atoms with Gasteiger partial charge < -0.3 is 9.47 Å². The highest BCUT2D eigenvalue weighted by atomic mass is 35.5. The minimum absolute atomic E-state index is 0.0151. The summed E-state index contributed by atoms with van der Waals surface area (Å²) in [5, 5.41) is 1.00. The van der Waals surface area contributed by atoms with E-state index >= 15 is 0 Å². The molecule has 1 atom stereocenters. The van der Waals surface area contributed by atoms with E-state index in [4.69, 9.17) is 28.2 Å². The molecule has 2 aromatic heterocycles. The number of fused-ring (bicyclic) bond motifs is 1. The van der Waals surface area contributed by atoms with E-state index in [1.165, 1.54) is 12.1 Å². The van der Waals surface area contributed by atoms with E-state index in [0.29, 0.717) is 46.6 Å². The van der Waals surface area contributed by atoms with E-state index in [1.54, 1.807) is 24.4 Å². The molecular weight excluding hydrogens is 522 g/mol. The third-order valence-electron chi connectivity index (χ3n) is 7.00. The normalized spacial score (nSPS) is 15.3. The molecule has 1 fully saturated rings. The molecule has 3 heterocycles. The fourth-order valence-electron chi connectivity index (χ4n) is 5.12. The minimum Gasteiger partial charge on any atom is -0.338 e. The van der Waals surface area contributed by atoms with E-state index in [2.05, 4.69) is 11.1 Å². The van der Waals surface area contributed by atoms with Crippen LogP contribution >= 0.6 is 23.2 Å². The van der Waals surface area contributed by atoms with Crippen LogP contribution in [0.5, 0.6) is 0 Å². The predicted molar refractivity (Wildman–Crippen MR) is 148 cm³/mol. The van der Waals surface area contributed by atoms with E-state index in [9.17, 15) is 9.18 Å². The zero-order valence-electron chi connectivity index (χ0n) is 20.3. The Morgan fingerprint density at radius 1 is 1.00 bits per heavy atom. The van der Waals surface area contributed by atoms with Crippen molar-refractivity contribution in [1.82, 2.24) is 19.4 Å². The van der Waals surface area contributed by atoms with Crippen LogP contribution in [0.15, 0.2) is 85.2 Å². The first-order chi connectivity index (χ1) is 18.4. The average molecular weight is 545 g/mol. The number of hydrogen-bond acceptors (Lipinski definition) is 3. The quantitative estimate of drug-likeness (QED) is 0.234. The van der Waals surface area contributed by atoms with Crippen LogP contribution in [0.1, 0.15) is 33.8 Å². The Morgan fingerprint density at radius 3 is 2.53 bits per heavy atom. The molecule has 1 amide bonds. The molecule has 0 N–H and O–H groups in total. The van der Waals surface area contributed by atoms with Gasteiger partial charge in [-0.3, -0.25) is 9.78 Å². The van der Waals surface area contributed by atoms with Crippen LogP contribution in [0.3, 0.4) is 0 Å². The minimum atomic E-state index is -0.290. The summed E-state index contributed by atoms with van der Waals surface area (Å²) in [5.74, 6) is 0.641. The van der Waals surface area contributed by atoms with Crippen molar-refractivity contribution in [3.05, 3.63) is 118 Å². The van der Waals surface area contributed by atoms with Crippen molar-refractivity contribution in [2.24, 2.45) is 0 Å². The van der Waals surface area contributed by atoms with Gasteiger partial charge in [0.15, 0.2) is 0 Å². The molecule has 8 heteroatoms. The molecule has 1 unspecified atom stereocenters. The lowest BCUT2D eigenvalue weighted by Crippen LogP contribution is -2.28. The number of pyridine rings is 1. The smallest absolute Gasteiger partial charge is 0.253 e. The van der Waals surface area contributed by atoms with Gasteiger partial charge in [-0.25, -0.2) is 9.37 Å². The Balaban J connectivity index is 1.36. The fraction of sp³-hybridized carbons (Fsp3) is 0.167. The maximum Gasteiger partial charge on any atom is 0.253 e. The predicted octanol–water partition coefficient (Wildman–Crippen LogP) is 7.22. The van der Waals surface area contributed by atoms with Crippen LogP contribution in [0, 0.1) is 5.82 Å². The van der Waals surface area contributed by atoms with Crippen LogP contribution in [0.25, 0.3) is 22.4 Å². The molecule has 1 aliphatic rings. The maximum absolute atomic E-state index is 13.5. The van der Waals surface area contributed by atoms with Gasteiger partial charge in [-0.15, -0.1) is 0 Å². The Morgan fingerprint density at radius 2 is 1.79 bits per heavy atom. The van der Waals surface area contributed by atoms with E-state index in [0.717, 1.165) is 28.6 Å². The summed E-state index contributed by atoms with van der Waals surface area (Å²) in [6.07, 6.45) is 4.55. The van der Waals surface area contributed by atoms with Crippen molar-refractivity contribution in [1.29, 1.82) is 0 Å². The number of rotatable bonds is 5. The van der Waals surface area contributed by atoms with Crippen molar-refractivity contribution in [2.45, 2.75) is 18.9 Å². The first-order valence-electron chi connectivity index (χ1n) is 12.3. The van der Waals surface area contributed by atoms with Gasteiger partial charge in [0.1, 0.15) is 11.6 Å². The van der Waals surface area contributed by atoms with Crippen LogP contribution in [0.2, 0.25) is 10.0 Å². The SMILES string of the molecule is O=C(c1ccc2c(c1)nc(-c1cc(Cl)cc(Cl)c1)n2Cc1ccc(F)cc1)N1CCC(c2cccnc2)C1. The standard InChI is InChI=1S/C30H23Cl2FN4O/c31-24-12-23(13-25(32)15-24)29-35-27-14-20(5-8-28(27)37(29)17-19-3-6-26(33)7-4-19)30(38)36-11-9-22(18-36)21-2-1-10-34-16-21/h1-8,10,12-16,22H,9,11,17-18H2. The van der Waals surface area contributed by atoms with E-state index in [1.807, 2.05) is 52.1 Å². The first-order valence-corrected chi connectivity index (χ1v) is 13.1. The number of amides is 1. The molecule has 5 aromatic rings. The molecule has 6 rings (SSSR count). The van der Waals surface area contributed by atoms with Gasteiger partial charge in [0, 0.05) is 59.1 Å². The Labute approximate surface area is 229 Å². The number of benzene rings is 3. The second-order valence-corrected chi connectivity index (χ2v) is 10.4.